The van der Waals surface area contributed by atoms with Gasteiger partial charge in [-0.15, -0.1) is 0 Å². The SMILES string of the molecule is Cc1c(Nc2ccc(C(=O)c3ccc(F)cc3)cc2)c(=O)n(-c2ccccc2)n1C. The lowest BCUT2D eigenvalue weighted by Crippen LogP contribution is -2.20. The van der Waals surface area contributed by atoms with Crippen molar-refractivity contribution < 1.29 is 9.18 Å². The van der Waals surface area contributed by atoms with E-state index in [0.29, 0.717) is 22.5 Å². The highest BCUT2D eigenvalue weighted by Crippen LogP contribution is 2.20. The number of hydrogen-bond acceptors (Lipinski definition) is 3. The van der Waals surface area contributed by atoms with Gasteiger partial charge in [0.25, 0.3) is 5.56 Å². The molecular formula is C24H20FN3O2. The van der Waals surface area contributed by atoms with Gasteiger partial charge in [0.2, 0.25) is 0 Å². The summed E-state index contributed by atoms with van der Waals surface area (Å²) >= 11 is 0. The molecule has 150 valence electrons. The van der Waals surface area contributed by atoms with E-state index in [1.165, 1.54) is 24.3 Å². The van der Waals surface area contributed by atoms with Crippen molar-refractivity contribution in [3.8, 4) is 5.69 Å². The van der Waals surface area contributed by atoms with Crippen LogP contribution in [-0.4, -0.2) is 15.1 Å². The van der Waals surface area contributed by atoms with Crippen molar-refractivity contribution in [1.29, 1.82) is 0 Å². The van der Waals surface area contributed by atoms with E-state index in [-0.39, 0.29) is 17.2 Å². The van der Waals surface area contributed by atoms with Crippen molar-refractivity contribution in [2.45, 2.75) is 6.92 Å². The Morgan fingerprint density at radius 2 is 1.43 bits per heavy atom. The van der Waals surface area contributed by atoms with Gasteiger partial charge in [0, 0.05) is 23.9 Å². The molecule has 4 rings (SSSR count). The number of benzene rings is 3. The van der Waals surface area contributed by atoms with Crippen LogP contribution in [0.2, 0.25) is 0 Å². The molecule has 1 N–H and O–H groups in total. The standard InChI is InChI=1S/C24H20FN3O2/c1-16-22(24(30)28(27(16)2)21-6-4-3-5-7-21)26-20-14-10-18(11-15-20)23(29)17-8-12-19(25)13-9-17/h3-15,26H,1-2H3. The van der Waals surface area contributed by atoms with E-state index in [1.807, 2.05) is 44.3 Å². The number of hydrogen-bond donors (Lipinski definition) is 1. The second-order valence-electron chi connectivity index (χ2n) is 6.97. The molecule has 0 aliphatic heterocycles. The zero-order chi connectivity index (χ0) is 21.3. The summed E-state index contributed by atoms with van der Waals surface area (Å²) in [4.78, 5) is 25.5. The van der Waals surface area contributed by atoms with Crippen molar-refractivity contribution in [2.24, 2.45) is 7.05 Å². The van der Waals surface area contributed by atoms with Gasteiger partial charge >= 0.3 is 0 Å². The number of nitrogens with one attached hydrogen (secondary N) is 1. The highest BCUT2D eigenvalue weighted by molar-refractivity contribution is 6.09. The molecule has 0 aliphatic rings. The lowest BCUT2D eigenvalue weighted by molar-refractivity contribution is 0.103. The van der Waals surface area contributed by atoms with E-state index < -0.39 is 0 Å². The molecule has 0 radical (unpaired) electrons. The van der Waals surface area contributed by atoms with Crippen molar-refractivity contribution in [3.05, 3.63) is 112 Å². The third kappa shape index (κ3) is 3.55. The Labute approximate surface area is 173 Å². The van der Waals surface area contributed by atoms with Crippen LogP contribution in [0.1, 0.15) is 21.6 Å². The first-order valence-corrected chi connectivity index (χ1v) is 9.47. The summed E-state index contributed by atoms with van der Waals surface area (Å²) in [5.74, 6) is -0.575. The molecule has 0 amide bonds. The molecule has 0 saturated heterocycles. The van der Waals surface area contributed by atoms with Crippen molar-refractivity contribution in [3.63, 3.8) is 0 Å². The number of nitrogens with zero attached hydrogens (tertiary/aromatic N) is 2. The number of ketones is 1. The third-order valence-corrected chi connectivity index (χ3v) is 5.08. The number of carbonyl (C=O) groups excluding carboxylic acids is 1. The lowest BCUT2D eigenvalue weighted by atomic mass is 10.0. The number of rotatable bonds is 5. The molecule has 30 heavy (non-hydrogen) atoms. The Morgan fingerprint density at radius 3 is 2.03 bits per heavy atom. The van der Waals surface area contributed by atoms with Crippen LogP contribution in [0.25, 0.3) is 5.69 Å². The van der Waals surface area contributed by atoms with Gasteiger partial charge in [0.15, 0.2) is 5.78 Å². The van der Waals surface area contributed by atoms with Crippen LogP contribution in [0.3, 0.4) is 0 Å². The zero-order valence-electron chi connectivity index (χ0n) is 16.6. The number of carbonyl (C=O) groups is 1. The number of halogens is 1. The van der Waals surface area contributed by atoms with Gasteiger partial charge in [-0.25, -0.2) is 9.07 Å². The molecule has 0 spiro atoms. The second-order valence-corrected chi connectivity index (χ2v) is 6.97. The van der Waals surface area contributed by atoms with Gasteiger partial charge in [-0.05, 0) is 67.6 Å². The minimum Gasteiger partial charge on any atom is -0.349 e. The molecule has 1 aromatic heterocycles. The van der Waals surface area contributed by atoms with Crippen LogP contribution < -0.4 is 10.9 Å². The first kappa shape index (κ1) is 19.4. The van der Waals surface area contributed by atoms with Gasteiger partial charge in [0.05, 0.1) is 11.4 Å². The summed E-state index contributed by atoms with van der Waals surface area (Å²) < 4.78 is 16.5. The van der Waals surface area contributed by atoms with Gasteiger partial charge in [-0.1, -0.05) is 18.2 Å². The molecule has 1 heterocycles. The fourth-order valence-electron chi connectivity index (χ4n) is 3.33. The van der Waals surface area contributed by atoms with Gasteiger partial charge < -0.3 is 5.32 Å². The molecule has 0 saturated carbocycles. The van der Waals surface area contributed by atoms with Crippen LogP contribution in [0.4, 0.5) is 15.8 Å². The highest BCUT2D eigenvalue weighted by Gasteiger charge is 2.16. The number of para-hydroxylation sites is 1. The molecule has 0 bridgehead atoms. The van der Waals surface area contributed by atoms with E-state index in [9.17, 15) is 14.0 Å². The topological polar surface area (TPSA) is 56.0 Å². The third-order valence-electron chi connectivity index (χ3n) is 5.08. The van der Waals surface area contributed by atoms with Crippen molar-refractivity contribution in [2.75, 3.05) is 5.32 Å². The number of anilines is 2. The maximum atomic E-state index is 13.1. The summed E-state index contributed by atoms with van der Waals surface area (Å²) in [6.45, 7) is 1.87. The average Bonchev–Trinajstić information content (AvgIpc) is 2.98. The van der Waals surface area contributed by atoms with Crippen molar-refractivity contribution >= 4 is 17.2 Å². The normalized spacial score (nSPS) is 10.8. The Bertz CT molecular complexity index is 1260. The van der Waals surface area contributed by atoms with Crippen LogP contribution in [0.5, 0.6) is 0 Å². The minimum absolute atomic E-state index is 0.160. The molecule has 0 aliphatic carbocycles. The highest BCUT2D eigenvalue weighted by atomic mass is 19.1. The summed E-state index contributed by atoms with van der Waals surface area (Å²) in [5.41, 5.74) is 3.47. The minimum atomic E-state index is -0.384. The second kappa shape index (κ2) is 7.83. The monoisotopic (exact) mass is 401 g/mol. The first-order valence-electron chi connectivity index (χ1n) is 9.47. The molecule has 6 heteroatoms. The molecular weight excluding hydrogens is 381 g/mol. The Kier molecular flexibility index (Phi) is 5.06. The lowest BCUT2D eigenvalue weighted by Gasteiger charge is -2.07. The van der Waals surface area contributed by atoms with E-state index >= 15 is 0 Å². The summed E-state index contributed by atoms with van der Waals surface area (Å²) in [6, 6.07) is 21.7. The Morgan fingerprint density at radius 1 is 0.867 bits per heavy atom. The first-order chi connectivity index (χ1) is 14.5. The van der Waals surface area contributed by atoms with Crippen LogP contribution in [0, 0.1) is 12.7 Å². The Balaban J connectivity index is 1.61. The molecule has 3 aromatic carbocycles. The van der Waals surface area contributed by atoms with Crippen LogP contribution >= 0.6 is 0 Å². The largest absolute Gasteiger partial charge is 0.349 e. The Hall–Kier alpha value is -3.93. The molecule has 5 nitrogen and oxygen atoms in total. The van der Waals surface area contributed by atoms with E-state index in [0.717, 1.165) is 11.4 Å². The smallest absolute Gasteiger partial charge is 0.295 e. The fraction of sp³-hybridized carbons (Fsp3) is 0.0833. The molecule has 0 atom stereocenters. The van der Waals surface area contributed by atoms with Crippen molar-refractivity contribution in [1.82, 2.24) is 9.36 Å². The summed E-state index contributed by atoms with van der Waals surface area (Å²) in [6.07, 6.45) is 0. The molecule has 0 fully saturated rings. The van der Waals surface area contributed by atoms with E-state index in [2.05, 4.69) is 5.32 Å². The predicted molar refractivity (Wildman–Crippen MR) is 115 cm³/mol. The fourth-order valence-corrected chi connectivity index (χ4v) is 3.33. The predicted octanol–water partition coefficient (Wildman–Crippen LogP) is 4.60. The zero-order valence-corrected chi connectivity index (χ0v) is 16.6. The average molecular weight is 401 g/mol. The van der Waals surface area contributed by atoms with Gasteiger partial charge in [-0.3, -0.25) is 14.3 Å². The maximum absolute atomic E-state index is 13.1. The quantitative estimate of drug-likeness (QED) is 0.498. The van der Waals surface area contributed by atoms with E-state index in [4.69, 9.17) is 0 Å². The molecule has 4 aromatic rings. The maximum Gasteiger partial charge on any atom is 0.295 e. The number of aromatic nitrogens is 2. The van der Waals surface area contributed by atoms with Gasteiger partial charge in [-0.2, -0.15) is 0 Å². The van der Waals surface area contributed by atoms with Gasteiger partial charge in [0.1, 0.15) is 11.5 Å². The summed E-state index contributed by atoms with van der Waals surface area (Å²) in [5, 5.41) is 3.17. The van der Waals surface area contributed by atoms with Crippen LogP contribution in [-0.2, 0) is 7.05 Å². The van der Waals surface area contributed by atoms with Crippen LogP contribution in [0.15, 0.2) is 83.7 Å². The van der Waals surface area contributed by atoms with E-state index in [1.54, 1.807) is 33.6 Å². The molecule has 0 unspecified atom stereocenters. The summed E-state index contributed by atoms with van der Waals surface area (Å²) in [7, 11) is 1.83.